The fourth-order valence-electron chi connectivity index (χ4n) is 3.27. The second-order valence-corrected chi connectivity index (χ2v) is 7.88. The Bertz CT molecular complexity index is 1430. The number of amides is 1. The SMILES string of the molecule is O=C(NCc1ccc(Cl)c(Cl)c1)c1nc2ccccc2n(-c2cccc(C(F)(F)F)c2)c1=O. The molecule has 0 saturated carbocycles. The van der Waals surface area contributed by atoms with Gasteiger partial charge in [0.15, 0.2) is 5.69 Å². The number of fused-ring (bicyclic) bond motifs is 1. The zero-order chi connectivity index (χ0) is 23.8. The van der Waals surface area contributed by atoms with Gasteiger partial charge in [-0.2, -0.15) is 13.2 Å². The molecule has 168 valence electrons. The van der Waals surface area contributed by atoms with Crippen LogP contribution in [0.5, 0.6) is 0 Å². The smallest absolute Gasteiger partial charge is 0.346 e. The lowest BCUT2D eigenvalue weighted by Gasteiger charge is -2.14. The number of nitrogens with zero attached hydrogens (tertiary/aromatic N) is 2. The first-order valence-electron chi connectivity index (χ1n) is 9.57. The summed E-state index contributed by atoms with van der Waals surface area (Å²) in [5.74, 6) is -0.780. The van der Waals surface area contributed by atoms with Crippen LogP contribution in [0.2, 0.25) is 10.0 Å². The standard InChI is InChI=1S/C23H14Cl2F3N3O2/c24-16-9-8-13(10-17(16)25)12-29-21(32)20-22(33)31(19-7-2-1-6-18(19)30-20)15-5-3-4-14(11-15)23(26,27)28/h1-11H,12H2,(H,29,32). The van der Waals surface area contributed by atoms with Crippen molar-refractivity contribution in [2.75, 3.05) is 0 Å². The van der Waals surface area contributed by atoms with Gasteiger partial charge < -0.3 is 5.32 Å². The average molecular weight is 492 g/mol. The molecule has 0 aliphatic rings. The van der Waals surface area contributed by atoms with E-state index in [1.165, 1.54) is 12.1 Å². The van der Waals surface area contributed by atoms with Crippen molar-refractivity contribution in [3.05, 3.63) is 104 Å². The highest BCUT2D eigenvalue weighted by Gasteiger charge is 2.31. The molecule has 0 unspecified atom stereocenters. The van der Waals surface area contributed by atoms with Crippen LogP contribution in [0.25, 0.3) is 16.7 Å². The maximum Gasteiger partial charge on any atom is 0.416 e. The molecule has 33 heavy (non-hydrogen) atoms. The van der Waals surface area contributed by atoms with Gasteiger partial charge >= 0.3 is 6.18 Å². The summed E-state index contributed by atoms with van der Waals surface area (Å²) in [6, 6.07) is 15.5. The number of alkyl halides is 3. The lowest BCUT2D eigenvalue weighted by atomic mass is 10.1. The van der Waals surface area contributed by atoms with E-state index in [1.54, 1.807) is 42.5 Å². The van der Waals surface area contributed by atoms with Gasteiger partial charge in [0.25, 0.3) is 11.5 Å². The van der Waals surface area contributed by atoms with E-state index < -0.39 is 28.9 Å². The molecule has 0 aliphatic carbocycles. The summed E-state index contributed by atoms with van der Waals surface area (Å²) >= 11 is 11.9. The van der Waals surface area contributed by atoms with Crippen molar-refractivity contribution >= 4 is 40.1 Å². The van der Waals surface area contributed by atoms with Crippen molar-refractivity contribution in [1.82, 2.24) is 14.9 Å². The highest BCUT2D eigenvalue weighted by atomic mass is 35.5. The van der Waals surface area contributed by atoms with Crippen LogP contribution in [-0.4, -0.2) is 15.5 Å². The Hall–Kier alpha value is -3.36. The Balaban J connectivity index is 1.78. The number of hydrogen-bond acceptors (Lipinski definition) is 3. The first-order valence-corrected chi connectivity index (χ1v) is 10.3. The van der Waals surface area contributed by atoms with Gasteiger partial charge in [-0.1, -0.05) is 47.5 Å². The summed E-state index contributed by atoms with van der Waals surface area (Å²) < 4.78 is 40.8. The number of carbonyl (C=O) groups excluding carboxylic acids is 1. The Labute approximate surface area is 195 Å². The van der Waals surface area contributed by atoms with Gasteiger partial charge in [-0.05, 0) is 48.0 Å². The van der Waals surface area contributed by atoms with Gasteiger partial charge in [-0.15, -0.1) is 0 Å². The van der Waals surface area contributed by atoms with Crippen LogP contribution in [0.1, 0.15) is 21.6 Å². The lowest BCUT2D eigenvalue weighted by Crippen LogP contribution is -2.34. The quantitative estimate of drug-likeness (QED) is 0.401. The molecule has 4 aromatic rings. The number of rotatable bonds is 4. The fourth-order valence-corrected chi connectivity index (χ4v) is 3.59. The van der Waals surface area contributed by atoms with Crippen LogP contribution in [0, 0.1) is 0 Å². The molecule has 0 bridgehead atoms. The molecular formula is C23H14Cl2F3N3O2. The largest absolute Gasteiger partial charge is 0.416 e. The third-order valence-corrected chi connectivity index (χ3v) is 5.58. The Kier molecular flexibility index (Phi) is 6.14. The highest BCUT2D eigenvalue weighted by Crippen LogP contribution is 2.30. The van der Waals surface area contributed by atoms with Crippen LogP contribution in [-0.2, 0) is 12.7 Å². The van der Waals surface area contributed by atoms with Gasteiger partial charge in [-0.25, -0.2) is 4.98 Å². The third-order valence-electron chi connectivity index (χ3n) is 4.84. The Morgan fingerprint density at radius 3 is 2.45 bits per heavy atom. The molecule has 0 spiro atoms. The number of halogens is 5. The fraction of sp³-hybridized carbons (Fsp3) is 0.0870. The molecule has 1 heterocycles. The Morgan fingerprint density at radius 2 is 1.73 bits per heavy atom. The van der Waals surface area contributed by atoms with Crippen molar-refractivity contribution < 1.29 is 18.0 Å². The number of carbonyl (C=O) groups is 1. The number of para-hydroxylation sites is 2. The predicted octanol–water partition coefficient (Wildman–Crippen LogP) is 5.64. The van der Waals surface area contributed by atoms with Crippen molar-refractivity contribution in [3.63, 3.8) is 0 Å². The molecule has 1 amide bonds. The van der Waals surface area contributed by atoms with Crippen LogP contribution in [0.15, 0.2) is 71.5 Å². The second kappa shape index (κ2) is 8.88. The zero-order valence-corrected chi connectivity index (χ0v) is 18.2. The third kappa shape index (κ3) is 4.72. The number of hydrogen-bond donors (Lipinski definition) is 1. The number of nitrogens with one attached hydrogen (secondary N) is 1. The molecule has 1 aromatic heterocycles. The summed E-state index contributed by atoms with van der Waals surface area (Å²) in [5.41, 5.74) is -1.08. The second-order valence-electron chi connectivity index (χ2n) is 7.07. The van der Waals surface area contributed by atoms with E-state index in [4.69, 9.17) is 23.2 Å². The molecule has 3 aromatic carbocycles. The van der Waals surface area contributed by atoms with Crippen molar-refractivity contribution in [1.29, 1.82) is 0 Å². The average Bonchev–Trinajstić information content (AvgIpc) is 2.78. The monoisotopic (exact) mass is 491 g/mol. The van der Waals surface area contributed by atoms with E-state index in [1.807, 2.05) is 0 Å². The summed E-state index contributed by atoms with van der Waals surface area (Å²) in [6.45, 7) is 0.0349. The molecule has 0 aliphatic heterocycles. The predicted molar refractivity (Wildman–Crippen MR) is 120 cm³/mol. The molecule has 0 saturated heterocycles. The van der Waals surface area contributed by atoms with Crippen LogP contribution < -0.4 is 10.9 Å². The number of aromatic nitrogens is 2. The topological polar surface area (TPSA) is 64.0 Å². The first kappa shape index (κ1) is 22.8. The first-order chi connectivity index (χ1) is 15.6. The van der Waals surface area contributed by atoms with Crippen molar-refractivity contribution in [2.45, 2.75) is 12.7 Å². The van der Waals surface area contributed by atoms with E-state index >= 15 is 0 Å². The molecule has 0 atom stereocenters. The molecule has 10 heteroatoms. The number of benzene rings is 3. The summed E-state index contributed by atoms with van der Waals surface area (Å²) in [6.07, 6.45) is -4.59. The van der Waals surface area contributed by atoms with Gasteiger partial charge in [-0.3, -0.25) is 14.2 Å². The maximum atomic E-state index is 13.2. The van der Waals surface area contributed by atoms with Crippen LogP contribution in [0.4, 0.5) is 13.2 Å². The normalized spacial score (nSPS) is 11.5. The van der Waals surface area contributed by atoms with Gasteiger partial charge in [0.2, 0.25) is 0 Å². The summed E-state index contributed by atoms with van der Waals surface area (Å²) in [5, 5.41) is 3.24. The zero-order valence-electron chi connectivity index (χ0n) is 16.7. The summed E-state index contributed by atoms with van der Waals surface area (Å²) in [7, 11) is 0. The van der Waals surface area contributed by atoms with E-state index in [0.717, 1.165) is 16.7 Å². The molecule has 0 radical (unpaired) electrons. The summed E-state index contributed by atoms with van der Waals surface area (Å²) in [4.78, 5) is 30.2. The van der Waals surface area contributed by atoms with E-state index in [9.17, 15) is 22.8 Å². The lowest BCUT2D eigenvalue weighted by molar-refractivity contribution is -0.137. The molecule has 4 rings (SSSR count). The highest BCUT2D eigenvalue weighted by molar-refractivity contribution is 6.42. The van der Waals surface area contributed by atoms with Gasteiger partial charge in [0.1, 0.15) is 0 Å². The molecule has 1 N–H and O–H groups in total. The maximum absolute atomic E-state index is 13.2. The van der Waals surface area contributed by atoms with Crippen molar-refractivity contribution in [2.24, 2.45) is 0 Å². The molecule has 5 nitrogen and oxygen atoms in total. The Morgan fingerprint density at radius 1 is 0.970 bits per heavy atom. The minimum absolute atomic E-state index is 0.0349. The molecular weight excluding hydrogens is 478 g/mol. The minimum Gasteiger partial charge on any atom is -0.346 e. The van der Waals surface area contributed by atoms with E-state index in [2.05, 4.69) is 10.3 Å². The van der Waals surface area contributed by atoms with Crippen molar-refractivity contribution in [3.8, 4) is 5.69 Å². The van der Waals surface area contributed by atoms with Crippen LogP contribution >= 0.6 is 23.2 Å². The minimum atomic E-state index is -4.59. The molecule has 0 fully saturated rings. The van der Waals surface area contributed by atoms with E-state index in [-0.39, 0.29) is 23.3 Å². The van der Waals surface area contributed by atoms with Gasteiger partial charge in [0.05, 0.1) is 26.6 Å². The van der Waals surface area contributed by atoms with Crippen LogP contribution in [0.3, 0.4) is 0 Å². The van der Waals surface area contributed by atoms with E-state index in [0.29, 0.717) is 15.6 Å². The van der Waals surface area contributed by atoms with Gasteiger partial charge in [0, 0.05) is 12.2 Å².